The van der Waals surface area contributed by atoms with Crippen LogP contribution in [0.2, 0.25) is 0 Å². The number of nitrogens with zero attached hydrogens (tertiary/aromatic N) is 1. The van der Waals surface area contributed by atoms with Gasteiger partial charge in [0, 0.05) is 17.1 Å². The predicted octanol–water partition coefficient (Wildman–Crippen LogP) is 6.20. The highest BCUT2D eigenvalue weighted by Gasteiger charge is 2.16. The Kier molecular flexibility index (Phi) is 8.31. The lowest BCUT2D eigenvalue weighted by molar-refractivity contribution is -0.142. The molecule has 4 rings (SSSR count). The molecule has 0 bridgehead atoms. The van der Waals surface area contributed by atoms with Crippen molar-refractivity contribution >= 4 is 23.0 Å². The number of carbonyl (C=O) groups excluding carboxylic acids is 2. The second kappa shape index (κ2) is 11.8. The fourth-order valence-corrected chi connectivity index (χ4v) is 3.99. The summed E-state index contributed by atoms with van der Waals surface area (Å²) < 4.78 is 22.2. The van der Waals surface area contributed by atoms with Gasteiger partial charge in [-0.15, -0.1) is 0 Å². The van der Waals surface area contributed by atoms with Crippen LogP contribution in [0.5, 0.6) is 5.75 Å². The number of carbonyl (C=O) groups is 2. The molecule has 1 N–H and O–H groups in total. The van der Waals surface area contributed by atoms with Crippen molar-refractivity contribution in [1.82, 2.24) is 10.3 Å². The van der Waals surface area contributed by atoms with E-state index in [1.807, 2.05) is 75.4 Å². The van der Waals surface area contributed by atoms with E-state index in [9.17, 15) is 9.59 Å². The number of pyridine rings is 1. The molecule has 2 aromatic carbocycles. The third-order valence-electron chi connectivity index (χ3n) is 5.58. The molecule has 8 nitrogen and oxygen atoms in total. The maximum atomic E-state index is 12.1. The number of fused-ring (bicyclic) bond motifs is 1. The maximum absolute atomic E-state index is 12.1. The molecule has 8 heteroatoms. The number of rotatable bonds is 9. The summed E-state index contributed by atoms with van der Waals surface area (Å²) in [6.45, 7) is 8.08. The van der Waals surface area contributed by atoms with E-state index >= 15 is 0 Å². The summed E-state index contributed by atoms with van der Waals surface area (Å²) in [6.07, 6.45) is 3.01. The molecule has 198 valence electrons. The molecule has 2 heterocycles. The molecule has 0 fully saturated rings. The summed E-state index contributed by atoms with van der Waals surface area (Å²) in [4.78, 5) is 28.5. The van der Waals surface area contributed by atoms with Crippen LogP contribution in [-0.4, -0.2) is 29.3 Å². The molecule has 0 aliphatic heterocycles. The standard InChI is InChI=1S/C30H32N2O6/c1-5-35-28(33)17-22-8-6-7-9-26(22)37-19-20-14-25(24-11-13-36-27(24)15-20)21-10-12-31-23(16-21)18-32-29(34)38-30(2,3)4/h6-16H,5,17-19H2,1-4H3,(H,32,34). The molecule has 0 aliphatic carbocycles. The molecule has 0 aliphatic rings. The predicted molar refractivity (Wildman–Crippen MR) is 144 cm³/mol. The van der Waals surface area contributed by atoms with Gasteiger partial charge in [0.15, 0.2) is 0 Å². The highest BCUT2D eigenvalue weighted by atomic mass is 16.6. The highest BCUT2D eigenvalue weighted by Crippen LogP contribution is 2.32. The second-order valence-electron chi connectivity index (χ2n) is 9.75. The van der Waals surface area contributed by atoms with Gasteiger partial charge in [0.25, 0.3) is 0 Å². The lowest BCUT2D eigenvalue weighted by atomic mass is 9.99. The summed E-state index contributed by atoms with van der Waals surface area (Å²) in [5.74, 6) is 0.332. The Morgan fingerprint density at radius 3 is 2.66 bits per heavy atom. The van der Waals surface area contributed by atoms with Gasteiger partial charge in [-0.25, -0.2) is 4.79 Å². The number of esters is 1. The Balaban J connectivity index is 1.53. The number of furan rings is 1. The highest BCUT2D eigenvalue weighted by molar-refractivity contribution is 5.94. The van der Waals surface area contributed by atoms with Crippen molar-refractivity contribution in [2.45, 2.75) is 52.9 Å². The van der Waals surface area contributed by atoms with Gasteiger partial charge in [-0.1, -0.05) is 18.2 Å². The van der Waals surface area contributed by atoms with Gasteiger partial charge in [-0.05, 0) is 80.8 Å². The number of alkyl carbamates (subject to hydrolysis) is 1. The Morgan fingerprint density at radius 2 is 1.87 bits per heavy atom. The van der Waals surface area contributed by atoms with Crippen LogP contribution in [0.15, 0.2) is 71.5 Å². The number of amides is 1. The lowest BCUT2D eigenvalue weighted by Gasteiger charge is -2.19. The van der Waals surface area contributed by atoms with Crippen LogP contribution in [0, 0.1) is 0 Å². The first-order chi connectivity index (χ1) is 18.2. The first-order valence-corrected chi connectivity index (χ1v) is 12.5. The minimum absolute atomic E-state index is 0.142. The van der Waals surface area contributed by atoms with E-state index in [0.717, 1.165) is 33.2 Å². The molecule has 4 aromatic rings. The average Bonchev–Trinajstić information content (AvgIpc) is 3.34. The smallest absolute Gasteiger partial charge is 0.407 e. The van der Waals surface area contributed by atoms with E-state index in [4.69, 9.17) is 18.6 Å². The minimum atomic E-state index is -0.575. The van der Waals surface area contributed by atoms with Gasteiger partial charge in [0.05, 0.1) is 31.5 Å². The van der Waals surface area contributed by atoms with Crippen LogP contribution < -0.4 is 10.1 Å². The molecule has 2 aromatic heterocycles. The molecular formula is C30H32N2O6. The normalized spacial score (nSPS) is 11.3. The van der Waals surface area contributed by atoms with Gasteiger partial charge >= 0.3 is 12.1 Å². The number of nitrogens with one attached hydrogen (secondary N) is 1. The van der Waals surface area contributed by atoms with E-state index in [2.05, 4.69) is 10.3 Å². The van der Waals surface area contributed by atoms with E-state index in [-0.39, 0.29) is 25.5 Å². The Hall–Kier alpha value is -4.33. The monoisotopic (exact) mass is 516 g/mol. The second-order valence-corrected chi connectivity index (χ2v) is 9.75. The van der Waals surface area contributed by atoms with Crippen LogP contribution >= 0.6 is 0 Å². The van der Waals surface area contributed by atoms with Crippen molar-refractivity contribution in [3.63, 3.8) is 0 Å². The molecule has 0 saturated heterocycles. The van der Waals surface area contributed by atoms with Crippen molar-refractivity contribution in [3.8, 4) is 16.9 Å². The quantitative estimate of drug-likeness (QED) is 0.264. The Labute approximate surface area is 221 Å². The van der Waals surface area contributed by atoms with Crippen molar-refractivity contribution < 1.29 is 28.2 Å². The molecule has 0 spiro atoms. The Morgan fingerprint density at radius 1 is 1.05 bits per heavy atom. The number of hydrogen-bond donors (Lipinski definition) is 1. The fraction of sp³-hybridized carbons (Fsp3) is 0.300. The van der Waals surface area contributed by atoms with Crippen molar-refractivity contribution in [1.29, 1.82) is 0 Å². The van der Waals surface area contributed by atoms with Gasteiger partial charge in [-0.2, -0.15) is 0 Å². The van der Waals surface area contributed by atoms with Crippen molar-refractivity contribution in [2.24, 2.45) is 0 Å². The summed E-state index contributed by atoms with van der Waals surface area (Å²) in [6, 6.07) is 17.2. The van der Waals surface area contributed by atoms with Gasteiger partial charge in [-0.3, -0.25) is 9.78 Å². The van der Waals surface area contributed by atoms with Crippen molar-refractivity contribution in [3.05, 3.63) is 83.9 Å². The zero-order valence-corrected chi connectivity index (χ0v) is 22.1. The number of aromatic nitrogens is 1. The Bertz CT molecular complexity index is 1420. The lowest BCUT2D eigenvalue weighted by Crippen LogP contribution is -2.32. The number of benzene rings is 2. The summed E-state index contributed by atoms with van der Waals surface area (Å²) >= 11 is 0. The molecular weight excluding hydrogens is 484 g/mol. The van der Waals surface area contributed by atoms with Crippen LogP contribution in [0.1, 0.15) is 44.5 Å². The zero-order valence-electron chi connectivity index (χ0n) is 22.1. The fourth-order valence-electron chi connectivity index (χ4n) is 3.99. The molecule has 0 saturated carbocycles. The number of ether oxygens (including phenoxy) is 3. The van der Waals surface area contributed by atoms with Crippen LogP contribution in [-0.2, 0) is 33.8 Å². The van der Waals surface area contributed by atoms with Gasteiger partial charge in [0.1, 0.15) is 23.5 Å². The number of hydrogen-bond acceptors (Lipinski definition) is 7. The summed E-state index contributed by atoms with van der Waals surface area (Å²) in [5, 5.41) is 3.70. The third kappa shape index (κ3) is 7.12. The molecule has 0 unspecified atom stereocenters. The topological polar surface area (TPSA) is 99.9 Å². The minimum Gasteiger partial charge on any atom is -0.489 e. The van der Waals surface area contributed by atoms with E-state index in [0.29, 0.717) is 18.1 Å². The summed E-state index contributed by atoms with van der Waals surface area (Å²) in [5.41, 5.74) is 4.40. The summed E-state index contributed by atoms with van der Waals surface area (Å²) in [7, 11) is 0. The largest absolute Gasteiger partial charge is 0.489 e. The van der Waals surface area contributed by atoms with Crippen molar-refractivity contribution in [2.75, 3.05) is 6.61 Å². The average molecular weight is 517 g/mol. The van der Waals surface area contributed by atoms with E-state index in [1.54, 1.807) is 19.4 Å². The van der Waals surface area contributed by atoms with E-state index < -0.39 is 11.7 Å². The molecule has 0 radical (unpaired) electrons. The maximum Gasteiger partial charge on any atom is 0.407 e. The zero-order chi connectivity index (χ0) is 27.1. The van der Waals surface area contributed by atoms with Gasteiger partial charge < -0.3 is 23.9 Å². The molecule has 38 heavy (non-hydrogen) atoms. The third-order valence-corrected chi connectivity index (χ3v) is 5.58. The SMILES string of the molecule is CCOC(=O)Cc1ccccc1OCc1cc(-c2ccnc(CNC(=O)OC(C)(C)C)c2)c2ccoc2c1. The van der Waals surface area contributed by atoms with Crippen LogP contribution in [0.3, 0.4) is 0 Å². The first kappa shape index (κ1) is 26.7. The first-order valence-electron chi connectivity index (χ1n) is 12.5. The van der Waals surface area contributed by atoms with E-state index in [1.165, 1.54) is 0 Å². The van der Waals surface area contributed by atoms with Crippen LogP contribution in [0.25, 0.3) is 22.1 Å². The van der Waals surface area contributed by atoms with Crippen LogP contribution in [0.4, 0.5) is 4.79 Å². The van der Waals surface area contributed by atoms with Gasteiger partial charge in [0.2, 0.25) is 0 Å². The molecule has 1 amide bonds. The molecule has 0 atom stereocenters. The number of para-hydroxylation sites is 1.